The van der Waals surface area contributed by atoms with Crippen LogP contribution in [0.3, 0.4) is 0 Å². The zero-order valence-corrected chi connectivity index (χ0v) is 12.4. The monoisotopic (exact) mass is 301 g/mol. The summed E-state index contributed by atoms with van der Waals surface area (Å²) in [5.74, 6) is 0.546. The first-order valence-corrected chi connectivity index (χ1v) is 7.38. The third-order valence-electron chi connectivity index (χ3n) is 3.73. The van der Waals surface area contributed by atoms with E-state index in [1.807, 2.05) is 54.6 Å². The molecule has 3 N–H and O–H groups in total. The average Bonchev–Trinajstić information content (AvgIpc) is 2.96. The van der Waals surface area contributed by atoms with Crippen LogP contribution in [0.2, 0.25) is 0 Å². The van der Waals surface area contributed by atoms with Gasteiger partial charge in [0, 0.05) is 16.6 Å². The van der Waals surface area contributed by atoms with Crippen LogP contribution in [0.5, 0.6) is 0 Å². The largest absolute Gasteiger partial charge is 0.407 e. The van der Waals surface area contributed by atoms with Gasteiger partial charge >= 0.3 is 0 Å². The molecule has 0 aliphatic heterocycles. The lowest BCUT2D eigenvalue weighted by atomic mass is 10.1. The van der Waals surface area contributed by atoms with Gasteiger partial charge < -0.3 is 15.5 Å². The van der Waals surface area contributed by atoms with Crippen LogP contribution in [-0.2, 0) is 0 Å². The van der Waals surface area contributed by atoms with Gasteiger partial charge in [-0.2, -0.15) is 4.98 Å². The summed E-state index contributed by atoms with van der Waals surface area (Å²) in [6.45, 7) is 0. The first-order valence-electron chi connectivity index (χ1n) is 7.38. The minimum Gasteiger partial charge on any atom is -0.407 e. The van der Waals surface area contributed by atoms with Crippen molar-refractivity contribution in [1.29, 1.82) is 0 Å². The Labute approximate surface area is 133 Å². The maximum atomic E-state index is 5.77. The van der Waals surface area contributed by atoms with Gasteiger partial charge in [0.2, 0.25) is 5.88 Å². The van der Waals surface area contributed by atoms with E-state index < -0.39 is 0 Å². The van der Waals surface area contributed by atoms with E-state index in [2.05, 4.69) is 28.5 Å². The number of nitrogen functional groups attached to an aromatic ring is 1. The zero-order chi connectivity index (χ0) is 15.6. The zero-order valence-electron chi connectivity index (χ0n) is 12.4. The van der Waals surface area contributed by atoms with Gasteiger partial charge in [0.1, 0.15) is 5.69 Å². The summed E-state index contributed by atoms with van der Waals surface area (Å²) < 4.78 is 5.58. The Kier molecular flexibility index (Phi) is 3.20. The van der Waals surface area contributed by atoms with Crippen LogP contribution in [-0.4, -0.2) is 4.98 Å². The average molecular weight is 301 g/mol. The molecule has 4 nitrogen and oxygen atoms in total. The molecule has 0 saturated carbocycles. The van der Waals surface area contributed by atoms with Gasteiger partial charge in [0.05, 0.1) is 0 Å². The number of fused-ring (bicyclic) bond motifs is 1. The molecule has 3 aromatic carbocycles. The van der Waals surface area contributed by atoms with Crippen molar-refractivity contribution in [2.45, 2.75) is 0 Å². The predicted molar refractivity (Wildman–Crippen MR) is 93.6 cm³/mol. The van der Waals surface area contributed by atoms with Crippen LogP contribution in [0, 0.1) is 0 Å². The van der Waals surface area contributed by atoms with E-state index in [1.54, 1.807) is 0 Å². The topological polar surface area (TPSA) is 64.1 Å². The highest BCUT2D eigenvalue weighted by Crippen LogP contribution is 2.33. The molecule has 0 amide bonds. The van der Waals surface area contributed by atoms with Gasteiger partial charge in [0.15, 0.2) is 0 Å². The molecule has 23 heavy (non-hydrogen) atoms. The molecule has 0 aliphatic rings. The molecule has 0 radical (unpaired) electrons. The number of hydrogen-bond donors (Lipinski definition) is 2. The molecule has 0 fully saturated rings. The first kappa shape index (κ1) is 13.4. The number of nitrogens with two attached hydrogens (primary N) is 1. The number of oxazole rings is 1. The molecule has 4 heteroatoms. The number of benzene rings is 3. The lowest BCUT2D eigenvalue weighted by Crippen LogP contribution is -1.92. The lowest BCUT2D eigenvalue weighted by molar-refractivity contribution is 0.598. The Morgan fingerprint density at radius 3 is 2.43 bits per heavy atom. The van der Waals surface area contributed by atoms with E-state index in [9.17, 15) is 0 Å². The summed E-state index contributed by atoms with van der Waals surface area (Å²) in [4.78, 5) is 4.31. The highest BCUT2D eigenvalue weighted by molar-refractivity contribution is 5.95. The van der Waals surface area contributed by atoms with Crippen LogP contribution < -0.4 is 11.1 Å². The third kappa shape index (κ3) is 2.51. The van der Waals surface area contributed by atoms with Crippen molar-refractivity contribution in [3.8, 4) is 11.3 Å². The van der Waals surface area contributed by atoms with E-state index in [-0.39, 0.29) is 6.01 Å². The van der Waals surface area contributed by atoms with Crippen molar-refractivity contribution in [1.82, 2.24) is 4.98 Å². The summed E-state index contributed by atoms with van der Waals surface area (Å²) in [5, 5.41) is 5.60. The Morgan fingerprint density at radius 1 is 0.826 bits per heavy atom. The molecule has 0 atom stereocenters. The summed E-state index contributed by atoms with van der Waals surface area (Å²) >= 11 is 0. The second-order valence-electron chi connectivity index (χ2n) is 5.25. The summed E-state index contributed by atoms with van der Waals surface area (Å²) in [7, 11) is 0. The van der Waals surface area contributed by atoms with Crippen molar-refractivity contribution < 1.29 is 4.42 Å². The van der Waals surface area contributed by atoms with E-state index >= 15 is 0 Å². The number of anilines is 3. The van der Waals surface area contributed by atoms with Gasteiger partial charge in [-0.05, 0) is 11.5 Å². The fourth-order valence-corrected chi connectivity index (χ4v) is 2.67. The Morgan fingerprint density at radius 2 is 1.57 bits per heavy atom. The standard InChI is InChI=1S/C19H15N3O/c20-19-22-17(14-8-2-1-3-9-14)18(23-19)21-16-12-6-10-13-7-4-5-11-15(13)16/h1-12,21H,(H2,20,22). The maximum absolute atomic E-state index is 5.77. The molecule has 0 aliphatic carbocycles. The number of rotatable bonds is 3. The highest BCUT2D eigenvalue weighted by atomic mass is 16.4. The Hall–Kier alpha value is -3.27. The smallest absolute Gasteiger partial charge is 0.294 e. The fraction of sp³-hybridized carbons (Fsp3) is 0. The number of nitrogens with zero attached hydrogens (tertiary/aromatic N) is 1. The SMILES string of the molecule is Nc1nc(-c2ccccc2)c(Nc2cccc3ccccc23)o1. The summed E-state index contributed by atoms with van der Waals surface area (Å²) in [6.07, 6.45) is 0. The molecule has 112 valence electrons. The predicted octanol–water partition coefficient (Wildman–Crippen LogP) is 4.82. The van der Waals surface area contributed by atoms with Crippen LogP contribution >= 0.6 is 0 Å². The minimum absolute atomic E-state index is 0.145. The molecule has 0 bridgehead atoms. The summed E-state index contributed by atoms with van der Waals surface area (Å²) in [5.41, 5.74) is 8.38. The van der Waals surface area contributed by atoms with Gasteiger partial charge in [0.25, 0.3) is 6.01 Å². The molecule has 0 unspecified atom stereocenters. The second kappa shape index (κ2) is 5.50. The second-order valence-corrected chi connectivity index (χ2v) is 5.25. The molecular formula is C19H15N3O. The molecule has 0 spiro atoms. The molecule has 1 aromatic heterocycles. The lowest BCUT2D eigenvalue weighted by Gasteiger charge is -2.08. The van der Waals surface area contributed by atoms with Crippen LogP contribution in [0.4, 0.5) is 17.6 Å². The fourth-order valence-electron chi connectivity index (χ4n) is 2.67. The van der Waals surface area contributed by atoms with Gasteiger partial charge in [-0.1, -0.05) is 66.7 Å². The molecule has 0 saturated heterocycles. The number of aromatic nitrogens is 1. The summed E-state index contributed by atoms with van der Waals surface area (Å²) in [6, 6.07) is 24.3. The van der Waals surface area contributed by atoms with Crippen molar-refractivity contribution >= 4 is 28.4 Å². The molecule has 4 aromatic rings. The molecule has 1 heterocycles. The van der Waals surface area contributed by atoms with E-state index in [1.165, 1.54) is 0 Å². The molecular weight excluding hydrogens is 286 g/mol. The van der Waals surface area contributed by atoms with Crippen molar-refractivity contribution in [2.24, 2.45) is 0 Å². The Balaban J connectivity index is 1.80. The maximum Gasteiger partial charge on any atom is 0.294 e. The van der Waals surface area contributed by atoms with Gasteiger partial charge in [-0.3, -0.25) is 0 Å². The quantitative estimate of drug-likeness (QED) is 0.569. The van der Waals surface area contributed by atoms with Gasteiger partial charge in [-0.25, -0.2) is 0 Å². The normalized spacial score (nSPS) is 10.8. The minimum atomic E-state index is 0.145. The van der Waals surface area contributed by atoms with E-state index in [0.29, 0.717) is 11.6 Å². The van der Waals surface area contributed by atoms with Gasteiger partial charge in [-0.15, -0.1) is 0 Å². The van der Waals surface area contributed by atoms with Crippen molar-refractivity contribution in [3.05, 3.63) is 72.8 Å². The van der Waals surface area contributed by atoms with Crippen LogP contribution in [0.25, 0.3) is 22.0 Å². The third-order valence-corrected chi connectivity index (χ3v) is 3.73. The van der Waals surface area contributed by atoms with Crippen LogP contribution in [0.1, 0.15) is 0 Å². The van der Waals surface area contributed by atoms with E-state index in [0.717, 1.165) is 22.0 Å². The van der Waals surface area contributed by atoms with Crippen molar-refractivity contribution in [3.63, 3.8) is 0 Å². The number of nitrogens with one attached hydrogen (secondary N) is 1. The Bertz CT molecular complexity index is 955. The van der Waals surface area contributed by atoms with E-state index in [4.69, 9.17) is 10.2 Å². The highest BCUT2D eigenvalue weighted by Gasteiger charge is 2.14. The van der Waals surface area contributed by atoms with Crippen LogP contribution in [0.15, 0.2) is 77.2 Å². The van der Waals surface area contributed by atoms with Crippen molar-refractivity contribution in [2.75, 3.05) is 11.1 Å². The first-order chi connectivity index (χ1) is 11.3. The molecule has 4 rings (SSSR count). The number of hydrogen-bond acceptors (Lipinski definition) is 4.